The molecular formula is C28H27Cl2N5O4. The molecule has 11 heteroatoms. The first-order valence-electron chi connectivity index (χ1n) is 12.2. The average molecular weight is 568 g/mol. The van der Waals surface area contributed by atoms with Crippen LogP contribution in [0.5, 0.6) is 0 Å². The Kier molecular flexibility index (Phi) is 9.30. The van der Waals surface area contributed by atoms with Crippen LogP contribution >= 0.6 is 23.2 Å². The third-order valence-corrected chi connectivity index (χ3v) is 6.38. The molecule has 0 saturated carbocycles. The number of amides is 4. The van der Waals surface area contributed by atoms with Gasteiger partial charge in [0.1, 0.15) is 0 Å². The number of carbonyl (C=O) groups excluding carboxylic acids is 3. The Morgan fingerprint density at radius 1 is 0.974 bits per heavy atom. The summed E-state index contributed by atoms with van der Waals surface area (Å²) in [7, 11) is 0. The second-order valence-electron chi connectivity index (χ2n) is 8.48. The first kappa shape index (κ1) is 27.8. The monoisotopic (exact) mass is 567 g/mol. The molecule has 3 aromatic rings. The van der Waals surface area contributed by atoms with Crippen molar-refractivity contribution in [1.82, 2.24) is 15.5 Å². The molecule has 202 valence electrons. The van der Waals surface area contributed by atoms with Crippen LogP contribution in [0.25, 0.3) is 0 Å². The normalized spacial score (nSPS) is 12.7. The molecule has 0 aliphatic carbocycles. The van der Waals surface area contributed by atoms with Gasteiger partial charge in [0.05, 0.1) is 17.6 Å². The Morgan fingerprint density at radius 3 is 2.56 bits per heavy atom. The van der Waals surface area contributed by atoms with Gasteiger partial charge in [-0.25, -0.2) is 4.79 Å². The minimum absolute atomic E-state index is 0.129. The molecule has 9 nitrogen and oxygen atoms in total. The van der Waals surface area contributed by atoms with Crippen molar-refractivity contribution in [2.45, 2.75) is 13.3 Å². The van der Waals surface area contributed by atoms with Crippen LogP contribution in [0.15, 0.2) is 83.9 Å². The van der Waals surface area contributed by atoms with Gasteiger partial charge in [0.25, 0.3) is 11.8 Å². The van der Waals surface area contributed by atoms with Crippen molar-refractivity contribution in [3.63, 3.8) is 0 Å². The molecule has 0 radical (unpaired) electrons. The smallest absolute Gasteiger partial charge is 0.325 e. The zero-order valence-corrected chi connectivity index (χ0v) is 22.6. The van der Waals surface area contributed by atoms with Crippen LogP contribution in [-0.2, 0) is 6.42 Å². The zero-order valence-electron chi connectivity index (χ0n) is 21.1. The molecule has 0 unspecified atom stereocenters. The first-order chi connectivity index (χ1) is 18.9. The third kappa shape index (κ3) is 7.22. The quantitative estimate of drug-likeness (QED) is 0.326. The van der Waals surface area contributed by atoms with Crippen molar-refractivity contribution >= 4 is 52.4 Å². The second kappa shape index (κ2) is 13.0. The maximum absolute atomic E-state index is 13.0. The van der Waals surface area contributed by atoms with E-state index < -0.39 is 5.91 Å². The zero-order chi connectivity index (χ0) is 27.8. The van der Waals surface area contributed by atoms with Gasteiger partial charge >= 0.3 is 6.03 Å². The fraction of sp³-hybridized carbons (Fsp3) is 0.179. The number of hydrogen-bond acceptors (Lipinski definition) is 5. The van der Waals surface area contributed by atoms with Crippen molar-refractivity contribution in [3.05, 3.63) is 106 Å². The molecule has 39 heavy (non-hydrogen) atoms. The predicted octanol–water partition coefficient (Wildman–Crippen LogP) is 5.65. The van der Waals surface area contributed by atoms with E-state index in [1.165, 1.54) is 11.2 Å². The fourth-order valence-electron chi connectivity index (χ4n) is 3.85. The second-order valence-corrected chi connectivity index (χ2v) is 9.33. The van der Waals surface area contributed by atoms with Gasteiger partial charge in [0.15, 0.2) is 5.76 Å². The number of rotatable bonds is 8. The summed E-state index contributed by atoms with van der Waals surface area (Å²) in [5.74, 6) is -0.646. The molecule has 2 aromatic carbocycles. The number of anilines is 2. The molecule has 4 rings (SSSR count). The van der Waals surface area contributed by atoms with Gasteiger partial charge in [-0.3, -0.25) is 14.5 Å². The molecule has 3 N–H and O–H groups in total. The highest BCUT2D eigenvalue weighted by Gasteiger charge is 2.19. The molecule has 4 amide bonds. The van der Waals surface area contributed by atoms with E-state index in [2.05, 4.69) is 16.0 Å². The Labute approximate surface area is 236 Å². The number of urea groups is 1. The molecule has 2 heterocycles. The molecule has 0 saturated heterocycles. The lowest BCUT2D eigenvalue weighted by Crippen LogP contribution is -2.32. The van der Waals surface area contributed by atoms with Gasteiger partial charge in [0, 0.05) is 53.8 Å². The topological polar surface area (TPSA) is 107 Å². The summed E-state index contributed by atoms with van der Waals surface area (Å²) in [6.45, 7) is 3.11. The summed E-state index contributed by atoms with van der Waals surface area (Å²) in [4.78, 5) is 41.3. The number of nitrogens with one attached hydrogen (secondary N) is 3. The van der Waals surface area contributed by atoms with E-state index in [1.54, 1.807) is 61.1 Å². The van der Waals surface area contributed by atoms with Crippen molar-refractivity contribution in [3.8, 4) is 0 Å². The number of hydrogen-bond donors (Lipinski definition) is 3. The summed E-state index contributed by atoms with van der Waals surface area (Å²) < 4.78 is 5.23. The Bertz CT molecular complexity index is 1400. The standard InChI is InChI=1S/C28H27Cl2N5O4/c1-2-31-28(38)35-13-4-12-34(14-15-35)24-9-7-20(17-23(24)33-27(37)25-5-3-16-39-25)26(36)32-11-10-19-6-8-21(29)18-22(19)30/h3-9,13-18H,2,10-12H2,1H3,(H,31,38)(H,32,36)(H,33,37). The maximum Gasteiger partial charge on any atom is 0.325 e. The minimum Gasteiger partial charge on any atom is -0.459 e. The summed E-state index contributed by atoms with van der Waals surface area (Å²) in [5.41, 5.74) is 2.24. The molecule has 0 fully saturated rings. The number of furan rings is 1. The van der Waals surface area contributed by atoms with E-state index in [4.69, 9.17) is 27.6 Å². The van der Waals surface area contributed by atoms with Gasteiger partial charge < -0.3 is 25.3 Å². The number of halogens is 2. The molecule has 1 aliphatic heterocycles. The highest BCUT2D eigenvalue weighted by Crippen LogP contribution is 2.29. The third-order valence-electron chi connectivity index (χ3n) is 5.79. The van der Waals surface area contributed by atoms with E-state index >= 15 is 0 Å². The molecular weight excluding hydrogens is 541 g/mol. The maximum atomic E-state index is 13.0. The highest BCUT2D eigenvalue weighted by molar-refractivity contribution is 6.35. The SMILES string of the molecule is CCNC(=O)N1C=CCN(c2ccc(C(=O)NCCc3ccc(Cl)cc3Cl)cc2NC(=O)c2ccco2)C=C1. The van der Waals surface area contributed by atoms with Crippen molar-refractivity contribution < 1.29 is 18.8 Å². The van der Waals surface area contributed by atoms with Crippen LogP contribution in [0.4, 0.5) is 16.2 Å². The first-order valence-corrected chi connectivity index (χ1v) is 13.0. The van der Waals surface area contributed by atoms with Crippen molar-refractivity contribution in [2.75, 3.05) is 29.9 Å². The van der Waals surface area contributed by atoms with Gasteiger partial charge in [-0.05, 0) is 67.4 Å². The van der Waals surface area contributed by atoms with Gasteiger partial charge in [-0.15, -0.1) is 0 Å². The van der Waals surface area contributed by atoms with E-state index in [9.17, 15) is 14.4 Å². The lowest BCUT2D eigenvalue weighted by molar-refractivity contribution is 0.0952. The summed E-state index contributed by atoms with van der Waals surface area (Å²) >= 11 is 12.2. The van der Waals surface area contributed by atoms with Crippen molar-refractivity contribution in [1.29, 1.82) is 0 Å². The van der Waals surface area contributed by atoms with Crippen LogP contribution in [0.1, 0.15) is 33.4 Å². The highest BCUT2D eigenvalue weighted by atomic mass is 35.5. The van der Waals surface area contributed by atoms with Crippen LogP contribution in [0, 0.1) is 0 Å². The van der Waals surface area contributed by atoms with Crippen LogP contribution in [-0.4, -0.2) is 42.4 Å². The Hall–Kier alpha value is -4.21. The lowest BCUT2D eigenvalue weighted by atomic mass is 10.1. The van der Waals surface area contributed by atoms with E-state index in [1.807, 2.05) is 24.0 Å². The summed E-state index contributed by atoms with van der Waals surface area (Å²) in [5, 5.41) is 9.55. The molecule has 1 aliphatic rings. The number of carbonyl (C=O) groups is 3. The van der Waals surface area contributed by atoms with Crippen LogP contribution in [0.3, 0.4) is 0 Å². The average Bonchev–Trinajstić information content (AvgIpc) is 3.35. The number of nitrogens with zero attached hydrogens (tertiary/aromatic N) is 2. The molecule has 1 aromatic heterocycles. The number of benzene rings is 2. The van der Waals surface area contributed by atoms with Gasteiger partial charge in [-0.2, -0.15) is 0 Å². The Morgan fingerprint density at radius 2 is 1.82 bits per heavy atom. The van der Waals surface area contributed by atoms with E-state index in [0.29, 0.717) is 53.0 Å². The van der Waals surface area contributed by atoms with Crippen LogP contribution in [0.2, 0.25) is 10.0 Å². The molecule has 0 atom stereocenters. The largest absolute Gasteiger partial charge is 0.459 e. The van der Waals surface area contributed by atoms with Gasteiger partial charge in [-0.1, -0.05) is 29.3 Å². The van der Waals surface area contributed by atoms with E-state index in [-0.39, 0.29) is 17.7 Å². The van der Waals surface area contributed by atoms with Gasteiger partial charge in [0.2, 0.25) is 0 Å². The molecule has 0 spiro atoms. The van der Waals surface area contributed by atoms with Crippen molar-refractivity contribution in [2.24, 2.45) is 0 Å². The van der Waals surface area contributed by atoms with E-state index in [0.717, 1.165) is 5.56 Å². The fourth-order valence-corrected chi connectivity index (χ4v) is 4.35. The lowest BCUT2D eigenvalue weighted by Gasteiger charge is -2.22. The predicted molar refractivity (Wildman–Crippen MR) is 152 cm³/mol. The minimum atomic E-state index is -0.463. The molecule has 0 bridgehead atoms. The Balaban J connectivity index is 1.54. The summed E-state index contributed by atoms with van der Waals surface area (Å²) in [6.07, 6.45) is 8.75. The van der Waals surface area contributed by atoms with Crippen LogP contribution < -0.4 is 20.9 Å². The summed E-state index contributed by atoms with van der Waals surface area (Å²) in [6, 6.07) is 13.2.